The van der Waals surface area contributed by atoms with Gasteiger partial charge in [0.05, 0.1) is 12.2 Å². The van der Waals surface area contributed by atoms with E-state index < -0.39 is 30.1 Å². The third kappa shape index (κ3) is 5.57. The molecule has 21 heavy (non-hydrogen) atoms. The maximum absolute atomic E-state index is 12.8. The first kappa shape index (κ1) is 17.2. The van der Waals surface area contributed by atoms with E-state index in [1.165, 1.54) is 0 Å². The molecule has 0 bridgehead atoms. The van der Waals surface area contributed by atoms with Crippen molar-refractivity contribution in [2.24, 2.45) is 0 Å². The highest BCUT2D eigenvalue weighted by atomic mass is 19.4. The van der Waals surface area contributed by atoms with Crippen LogP contribution in [-0.2, 0) is 22.1 Å². The number of halogens is 5. The maximum atomic E-state index is 12.8. The number of rotatable bonds is 6. The molecule has 0 aliphatic heterocycles. The number of hydrogen-bond acceptors (Lipinski definition) is 3. The standard InChI is InChI=1S/C13H13F5O3/c1-2-20-11(19)6-3-8-7-9(21-12(14)15)4-5-10(8)13(16,17)18/h4-5,7,12H,2-3,6H2,1H3. The first-order valence-electron chi connectivity index (χ1n) is 6.04. The number of alkyl halides is 5. The monoisotopic (exact) mass is 312 g/mol. The molecule has 0 atom stereocenters. The van der Waals surface area contributed by atoms with Crippen molar-refractivity contribution in [2.45, 2.75) is 32.6 Å². The van der Waals surface area contributed by atoms with Gasteiger partial charge in [-0.05, 0) is 37.1 Å². The summed E-state index contributed by atoms with van der Waals surface area (Å²) in [5.74, 6) is -1.05. The minimum atomic E-state index is -4.65. The van der Waals surface area contributed by atoms with Crippen LogP contribution in [0.5, 0.6) is 5.75 Å². The lowest BCUT2D eigenvalue weighted by atomic mass is 10.0. The van der Waals surface area contributed by atoms with Crippen molar-refractivity contribution in [1.29, 1.82) is 0 Å². The van der Waals surface area contributed by atoms with Gasteiger partial charge in [-0.15, -0.1) is 0 Å². The summed E-state index contributed by atoms with van der Waals surface area (Å²) in [6, 6.07) is 2.31. The van der Waals surface area contributed by atoms with Crippen LogP contribution in [0.2, 0.25) is 0 Å². The molecule has 0 amide bonds. The first-order valence-corrected chi connectivity index (χ1v) is 6.04. The summed E-state index contributed by atoms with van der Waals surface area (Å²) in [5.41, 5.74) is -1.29. The molecule has 0 saturated carbocycles. The van der Waals surface area contributed by atoms with Crippen molar-refractivity contribution in [2.75, 3.05) is 6.61 Å². The molecule has 0 aliphatic carbocycles. The van der Waals surface area contributed by atoms with E-state index >= 15 is 0 Å². The average Bonchev–Trinajstić information content (AvgIpc) is 2.34. The smallest absolute Gasteiger partial charge is 0.416 e. The first-order chi connectivity index (χ1) is 9.74. The molecule has 0 unspecified atom stereocenters. The van der Waals surface area contributed by atoms with Gasteiger partial charge in [-0.2, -0.15) is 22.0 Å². The molecule has 8 heteroatoms. The van der Waals surface area contributed by atoms with E-state index in [-0.39, 0.29) is 25.0 Å². The molecule has 0 radical (unpaired) electrons. The number of hydrogen-bond donors (Lipinski definition) is 0. The highest BCUT2D eigenvalue weighted by Gasteiger charge is 2.33. The molecule has 0 saturated heterocycles. The molecular formula is C13H13F5O3. The van der Waals surface area contributed by atoms with Crippen LogP contribution in [0.3, 0.4) is 0 Å². The highest BCUT2D eigenvalue weighted by molar-refractivity contribution is 5.69. The van der Waals surface area contributed by atoms with Crippen molar-refractivity contribution >= 4 is 5.97 Å². The van der Waals surface area contributed by atoms with Gasteiger partial charge in [0.1, 0.15) is 5.75 Å². The highest BCUT2D eigenvalue weighted by Crippen LogP contribution is 2.34. The minimum Gasteiger partial charge on any atom is -0.466 e. The second-order valence-electron chi connectivity index (χ2n) is 4.00. The number of carbonyl (C=O) groups is 1. The zero-order valence-electron chi connectivity index (χ0n) is 11.0. The van der Waals surface area contributed by atoms with Crippen LogP contribution >= 0.6 is 0 Å². The van der Waals surface area contributed by atoms with Gasteiger partial charge in [0, 0.05) is 6.42 Å². The fourth-order valence-electron chi connectivity index (χ4n) is 1.70. The van der Waals surface area contributed by atoms with Crippen LogP contribution in [-0.4, -0.2) is 19.2 Å². The Bertz CT molecular complexity index is 485. The third-order valence-electron chi connectivity index (χ3n) is 2.51. The van der Waals surface area contributed by atoms with Gasteiger partial charge >= 0.3 is 18.8 Å². The van der Waals surface area contributed by atoms with Gasteiger partial charge < -0.3 is 9.47 Å². The lowest BCUT2D eigenvalue weighted by Crippen LogP contribution is -2.12. The average molecular weight is 312 g/mol. The second-order valence-corrected chi connectivity index (χ2v) is 4.00. The number of esters is 1. The van der Waals surface area contributed by atoms with Crippen LogP contribution in [0.25, 0.3) is 0 Å². The van der Waals surface area contributed by atoms with Gasteiger partial charge in [-0.1, -0.05) is 0 Å². The zero-order valence-corrected chi connectivity index (χ0v) is 11.0. The number of aryl methyl sites for hydroxylation is 1. The van der Waals surface area contributed by atoms with Crippen molar-refractivity contribution in [1.82, 2.24) is 0 Å². The summed E-state index contributed by atoms with van der Waals surface area (Å²) in [5, 5.41) is 0. The van der Waals surface area contributed by atoms with Crippen LogP contribution in [0.15, 0.2) is 18.2 Å². The normalized spacial score (nSPS) is 11.6. The van der Waals surface area contributed by atoms with Gasteiger partial charge in [-0.25, -0.2) is 0 Å². The summed E-state index contributed by atoms with van der Waals surface area (Å²) < 4.78 is 71.3. The van der Waals surface area contributed by atoms with E-state index in [9.17, 15) is 26.7 Å². The van der Waals surface area contributed by atoms with Gasteiger partial charge in [0.25, 0.3) is 0 Å². The molecule has 3 nitrogen and oxygen atoms in total. The number of ether oxygens (including phenoxy) is 2. The molecule has 0 heterocycles. The number of carbonyl (C=O) groups excluding carboxylic acids is 1. The lowest BCUT2D eigenvalue weighted by molar-refractivity contribution is -0.144. The van der Waals surface area contributed by atoms with Crippen LogP contribution in [0.1, 0.15) is 24.5 Å². The predicted octanol–water partition coefficient (Wildman–Crippen LogP) is 3.80. The largest absolute Gasteiger partial charge is 0.466 e. The summed E-state index contributed by atoms with van der Waals surface area (Å²) in [4.78, 5) is 11.2. The fraction of sp³-hybridized carbons (Fsp3) is 0.462. The molecular weight excluding hydrogens is 299 g/mol. The van der Waals surface area contributed by atoms with Crippen molar-refractivity contribution in [3.05, 3.63) is 29.3 Å². The lowest BCUT2D eigenvalue weighted by Gasteiger charge is -2.14. The van der Waals surface area contributed by atoms with Gasteiger partial charge in [0.2, 0.25) is 0 Å². The summed E-state index contributed by atoms with van der Waals surface area (Å²) in [6.45, 7) is -1.46. The molecule has 118 valence electrons. The van der Waals surface area contributed by atoms with Crippen molar-refractivity contribution < 1.29 is 36.2 Å². The molecule has 0 N–H and O–H groups in total. The summed E-state index contributed by atoms with van der Waals surface area (Å²) >= 11 is 0. The van der Waals surface area contributed by atoms with Gasteiger partial charge in [-0.3, -0.25) is 4.79 Å². The SMILES string of the molecule is CCOC(=O)CCc1cc(OC(F)F)ccc1C(F)(F)F. The Morgan fingerprint density at radius 1 is 1.29 bits per heavy atom. The second kappa shape index (κ2) is 7.24. The molecule has 0 spiro atoms. The van der Waals surface area contributed by atoms with Crippen LogP contribution in [0, 0.1) is 0 Å². The third-order valence-corrected chi connectivity index (χ3v) is 2.51. The van der Waals surface area contributed by atoms with E-state index in [0.29, 0.717) is 6.07 Å². The van der Waals surface area contributed by atoms with E-state index in [2.05, 4.69) is 9.47 Å². The molecule has 1 aromatic carbocycles. The fourth-order valence-corrected chi connectivity index (χ4v) is 1.70. The molecule has 0 fully saturated rings. The molecule has 1 aromatic rings. The van der Waals surface area contributed by atoms with Crippen molar-refractivity contribution in [3.63, 3.8) is 0 Å². The maximum Gasteiger partial charge on any atom is 0.416 e. The summed E-state index contributed by atoms with van der Waals surface area (Å²) in [6.07, 6.45) is -5.21. The van der Waals surface area contributed by atoms with E-state index in [0.717, 1.165) is 12.1 Å². The Kier molecular flexibility index (Phi) is 5.92. The van der Waals surface area contributed by atoms with Gasteiger partial charge in [0.15, 0.2) is 0 Å². The Balaban J connectivity index is 2.97. The summed E-state index contributed by atoms with van der Waals surface area (Å²) in [7, 11) is 0. The predicted molar refractivity (Wildman–Crippen MR) is 63.0 cm³/mol. The topological polar surface area (TPSA) is 35.5 Å². The van der Waals surface area contributed by atoms with E-state index in [1.807, 2.05) is 0 Å². The Morgan fingerprint density at radius 2 is 1.95 bits per heavy atom. The Labute approximate surface area is 117 Å². The molecule has 1 rings (SSSR count). The quantitative estimate of drug-likeness (QED) is 0.592. The van der Waals surface area contributed by atoms with Crippen LogP contribution in [0.4, 0.5) is 22.0 Å². The van der Waals surface area contributed by atoms with E-state index in [1.54, 1.807) is 6.92 Å². The molecule has 0 aliphatic rings. The Hall–Kier alpha value is -1.86. The molecule has 0 aromatic heterocycles. The minimum absolute atomic E-state index is 0.111. The zero-order chi connectivity index (χ0) is 16.0. The van der Waals surface area contributed by atoms with E-state index in [4.69, 9.17) is 0 Å². The van der Waals surface area contributed by atoms with Crippen LogP contribution < -0.4 is 4.74 Å². The Morgan fingerprint density at radius 3 is 2.48 bits per heavy atom. The van der Waals surface area contributed by atoms with Crippen molar-refractivity contribution in [3.8, 4) is 5.75 Å². The number of benzene rings is 1.